The minimum atomic E-state index is -4.22. The standard InChI is InChI=1S/C13H15N7O6P/c14-11-8-12(18-4-17-11)20(5-19-8)13-10(22)9(21)6(26-13)2-25-27(23,24)7-1-15-3-16-7/h1,3-6,9-10,13,21-22H,2H2,(H3-,14,15,16,17,18,23,24)/q-1/t6-,9-,10-,13-/m1/s1. The van der Waals surface area contributed by atoms with Gasteiger partial charge in [-0.05, 0) is 0 Å². The first-order valence-electron chi connectivity index (χ1n) is 7.73. The molecule has 13 nitrogen and oxygen atoms in total. The number of anilines is 1. The highest BCUT2D eigenvalue weighted by atomic mass is 31.2. The number of imidazole rings is 2. The molecule has 0 saturated carbocycles. The minimum Gasteiger partial charge on any atom is -0.449 e. The second-order valence-electron chi connectivity index (χ2n) is 5.83. The molecule has 1 fully saturated rings. The highest BCUT2D eigenvalue weighted by molar-refractivity contribution is 7.60. The van der Waals surface area contributed by atoms with Crippen LogP contribution in [-0.4, -0.2) is 64.5 Å². The fourth-order valence-corrected chi connectivity index (χ4v) is 3.66. The van der Waals surface area contributed by atoms with Crippen molar-refractivity contribution in [2.75, 3.05) is 12.3 Å². The third kappa shape index (κ3) is 3.10. The molecule has 0 radical (unpaired) electrons. The smallest absolute Gasteiger partial charge is 0.354 e. The van der Waals surface area contributed by atoms with E-state index in [4.69, 9.17) is 15.0 Å². The summed E-state index contributed by atoms with van der Waals surface area (Å²) in [6, 6.07) is 0. The Morgan fingerprint density at radius 3 is 2.85 bits per heavy atom. The van der Waals surface area contributed by atoms with Crippen molar-refractivity contribution >= 4 is 30.0 Å². The van der Waals surface area contributed by atoms with Gasteiger partial charge in [0.05, 0.1) is 12.9 Å². The maximum atomic E-state index is 12.1. The zero-order chi connectivity index (χ0) is 19.2. The van der Waals surface area contributed by atoms with Crippen LogP contribution in [0.25, 0.3) is 11.2 Å². The van der Waals surface area contributed by atoms with E-state index in [0.29, 0.717) is 11.2 Å². The Balaban J connectivity index is 1.52. The molecule has 4 rings (SSSR count). The van der Waals surface area contributed by atoms with E-state index in [2.05, 4.69) is 24.9 Å². The summed E-state index contributed by atoms with van der Waals surface area (Å²) in [4.78, 5) is 29.1. The van der Waals surface area contributed by atoms with Crippen molar-refractivity contribution in [2.24, 2.45) is 0 Å². The van der Waals surface area contributed by atoms with Gasteiger partial charge in [-0.1, -0.05) is 12.5 Å². The molecule has 5 N–H and O–H groups in total. The molecule has 144 valence electrons. The molecular weight excluding hydrogens is 381 g/mol. The lowest BCUT2D eigenvalue weighted by atomic mass is 10.1. The molecule has 3 aromatic rings. The molecule has 0 bridgehead atoms. The molecule has 27 heavy (non-hydrogen) atoms. The number of rotatable bonds is 5. The number of ether oxygens (including phenoxy) is 1. The number of aliphatic hydroxyl groups is 2. The third-order valence-corrected chi connectivity index (χ3v) is 5.46. The fraction of sp³-hybridized carbons (Fsp3) is 0.385. The Bertz CT molecular complexity index is 994. The lowest BCUT2D eigenvalue weighted by Crippen LogP contribution is -2.34. The van der Waals surface area contributed by atoms with Gasteiger partial charge in [-0.2, -0.15) is 0 Å². The van der Waals surface area contributed by atoms with Crippen molar-refractivity contribution in [1.82, 2.24) is 29.5 Å². The predicted molar refractivity (Wildman–Crippen MR) is 88.6 cm³/mol. The summed E-state index contributed by atoms with van der Waals surface area (Å²) in [7, 11) is -4.22. The van der Waals surface area contributed by atoms with Crippen LogP contribution in [-0.2, 0) is 13.8 Å². The molecule has 3 aromatic heterocycles. The zero-order valence-corrected chi connectivity index (χ0v) is 14.5. The Morgan fingerprint density at radius 2 is 2.11 bits per heavy atom. The zero-order valence-electron chi connectivity index (χ0n) is 13.6. The maximum absolute atomic E-state index is 12.1. The molecule has 1 unspecified atom stereocenters. The minimum absolute atomic E-state index is 0.156. The molecular formula is C13H15N7O6P-. The fourth-order valence-electron chi connectivity index (χ4n) is 2.77. The van der Waals surface area contributed by atoms with Gasteiger partial charge in [0.2, 0.25) is 0 Å². The van der Waals surface area contributed by atoms with Crippen LogP contribution in [0.2, 0.25) is 0 Å². The van der Waals surface area contributed by atoms with E-state index in [1.807, 2.05) is 0 Å². The molecule has 0 spiro atoms. The highest BCUT2D eigenvalue weighted by Crippen LogP contribution is 2.41. The highest BCUT2D eigenvalue weighted by Gasteiger charge is 2.45. The maximum Gasteiger partial charge on any atom is 0.354 e. The summed E-state index contributed by atoms with van der Waals surface area (Å²) in [6.07, 6.45) is -0.0738. The average molecular weight is 396 g/mol. The molecule has 1 aliphatic rings. The first-order chi connectivity index (χ1) is 12.9. The number of aromatic nitrogens is 6. The van der Waals surface area contributed by atoms with E-state index in [1.165, 1.54) is 17.2 Å². The molecule has 14 heteroatoms. The van der Waals surface area contributed by atoms with Crippen LogP contribution in [0, 0.1) is 0 Å². The van der Waals surface area contributed by atoms with Gasteiger partial charge in [-0.3, -0.25) is 9.13 Å². The van der Waals surface area contributed by atoms with Gasteiger partial charge in [-0.15, -0.1) is 0 Å². The second kappa shape index (κ2) is 6.64. The van der Waals surface area contributed by atoms with Crippen molar-refractivity contribution in [3.05, 3.63) is 25.2 Å². The van der Waals surface area contributed by atoms with Gasteiger partial charge in [0.1, 0.15) is 30.2 Å². The van der Waals surface area contributed by atoms with Crippen molar-refractivity contribution in [3.63, 3.8) is 0 Å². The van der Waals surface area contributed by atoms with E-state index in [-0.39, 0.29) is 11.3 Å². The molecule has 1 saturated heterocycles. The summed E-state index contributed by atoms with van der Waals surface area (Å²) in [6.45, 7) is -0.459. The van der Waals surface area contributed by atoms with E-state index >= 15 is 0 Å². The van der Waals surface area contributed by atoms with E-state index in [9.17, 15) is 19.7 Å². The second-order valence-corrected chi connectivity index (χ2v) is 7.58. The van der Waals surface area contributed by atoms with Crippen molar-refractivity contribution < 1.29 is 28.9 Å². The summed E-state index contributed by atoms with van der Waals surface area (Å²) in [5, 5.41) is 20.6. The van der Waals surface area contributed by atoms with E-state index in [1.54, 1.807) is 0 Å². The van der Waals surface area contributed by atoms with Gasteiger partial charge in [-0.25, -0.2) is 15.0 Å². The van der Waals surface area contributed by atoms with Crippen LogP contribution < -0.4 is 16.2 Å². The van der Waals surface area contributed by atoms with Gasteiger partial charge in [0.25, 0.3) is 0 Å². The van der Waals surface area contributed by atoms with Crippen LogP contribution in [0.4, 0.5) is 5.82 Å². The largest absolute Gasteiger partial charge is 0.449 e. The van der Waals surface area contributed by atoms with Crippen molar-refractivity contribution in [3.8, 4) is 0 Å². The number of hydrogen-bond acceptors (Lipinski definition) is 10. The summed E-state index contributed by atoms with van der Waals surface area (Å²) in [5.74, 6) is 0.156. The van der Waals surface area contributed by atoms with Crippen LogP contribution in [0.3, 0.4) is 0 Å². The predicted octanol–water partition coefficient (Wildman–Crippen LogP) is -2.09. The quantitative estimate of drug-likeness (QED) is 0.344. The van der Waals surface area contributed by atoms with Crippen LogP contribution in [0.15, 0.2) is 25.2 Å². The van der Waals surface area contributed by atoms with E-state index in [0.717, 1.165) is 12.5 Å². The van der Waals surface area contributed by atoms with Crippen molar-refractivity contribution in [2.45, 2.75) is 24.5 Å². The first kappa shape index (κ1) is 18.0. The summed E-state index contributed by atoms with van der Waals surface area (Å²) in [5.41, 5.74) is 6.13. The van der Waals surface area contributed by atoms with Gasteiger partial charge >= 0.3 is 7.60 Å². The monoisotopic (exact) mass is 396 g/mol. The van der Waals surface area contributed by atoms with Gasteiger partial charge in [0, 0.05) is 5.44 Å². The molecule has 1 aliphatic heterocycles. The van der Waals surface area contributed by atoms with Gasteiger partial charge in [0.15, 0.2) is 17.7 Å². The Morgan fingerprint density at radius 1 is 1.30 bits per heavy atom. The Labute approximate surface area is 151 Å². The SMILES string of the molecule is Nc1ncnc2c1ncn2[C@@H]1O[C@H](COP(=O)(O)c2c[n-]cn2)[C@@H](O)[C@H]1O. The molecule has 0 aromatic carbocycles. The molecule has 0 aliphatic carbocycles. The number of aliphatic hydroxyl groups excluding tert-OH is 2. The van der Waals surface area contributed by atoms with Crippen LogP contribution in [0.1, 0.15) is 6.23 Å². The number of hydrogen-bond donors (Lipinski definition) is 4. The van der Waals surface area contributed by atoms with Crippen LogP contribution >= 0.6 is 7.60 Å². The lowest BCUT2D eigenvalue weighted by molar-refractivity contribution is -0.0481. The van der Waals surface area contributed by atoms with Crippen molar-refractivity contribution in [1.29, 1.82) is 0 Å². The Hall–Kier alpha value is -2.41. The first-order valence-corrected chi connectivity index (χ1v) is 9.31. The number of nitrogen functional groups attached to an aromatic ring is 1. The molecule has 4 heterocycles. The van der Waals surface area contributed by atoms with Crippen LogP contribution in [0.5, 0.6) is 0 Å². The van der Waals surface area contributed by atoms with E-state index < -0.39 is 38.7 Å². The molecule has 5 atom stereocenters. The normalized spacial score (nSPS) is 27.8. The topological polar surface area (TPSA) is 193 Å². The third-order valence-electron chi connectivity index (χ3n) is 4.15. The lowest BCUT2D eigenvalue weighted by Gasteiger charge is -2.18. The number of nitrogens with zero attached hydrogens (tertiary/aromatic N) is 6. The summed E-state index contributed by atoms with van der Waals surface area (Å²) < 4.78 is 24.1. The van der Waals surface area contributed by atoms with Gasteiger partial charge < -0.3 is 40.1 Å². The number of nitrogens with two attached hydrogens (primary N) is 1. The average Bonchev–Trinajstić information content (AvgIpc) is 3.36. The molecule has 0 amide bonds. The number of fused-ring (bicyclic) bond motifs is 1. The summed E-state index contributed by atoms with van der Waals surface area (Å²) >= 11 is 0. The Kier molecular flexibility index (Phi) is 4.42.